The first kappa shape index (κ1) is 17.8. The van der Waals surface area contributed by atoms with E-state index in [2.05, 4.69) is 5.32 Å². The fraction of sp³-hybridized carbons (Fsp3) is 0.250. The van der Waals surface area contributed by atoms with Crippen LogP contribution in [0.1, 0.15) is 36.8 Å². The van der Waals surface area contributed by atoms with Crippen molar-refractivity contribution in [3.8, 4) is 0 Å². The Hall–Kier alpha value is -3.02. The summed E-state index contributed by atoms with van der Waals surface area (Å²) in [5.41, 5.74) is 1.15. The van der Waals surface area contributed by atoms with E-state index in [9.17, 15) is 19.3 Å². The maximum Gasteiger partial charge on any atom is 0.269 e. The van der Waals surface area contributed by atoms with Crippen molar-refractivity contribution < 1.29 is 14.1 Å². The van der Waals surface area contributed by atoms with Gasteiger partial charge in [0.25, 0.3) is 5.69 Å². The zero-order valence-electron chi connectivity index (χ0n) is 14.2. The van der Waals surface area contributed by atoms with Crippen molar-refractivity contribution in [1.29, 1.82) is 0 Å². The minimum absolute atomic E-state index is 0.00724. The van der Waals surface area contributed by atoms with Crippen LogP contribution in [-0.4, -0.2) is 10.8 Å². The Morgan fingerprint density at radius 3 is 2.27 bits per heavy atom. The molecular weight excluding hydrogens is 335 g/mol. The molecule has 0 spiro atoms. The van der Waals surface area contributed by atoms with E-state index >= 15 is 0 Å². The van der Waals surface area contributed by atoms with Crippen molar-refractivity contribution in [2.24, 2.45) is 0 Å². The van der Waals surface area contributed by atoms with E-state index in [0.717, 1.165) is 31.2 Å². The topological polar surface area (TPSA) is 72.2 Å². The Morgan fingerprint density at radius 1 is 1.08 bits per heavy atom. The van der Waals surface area contributed by atoms with Gasteiger partial charge < -0.3 is 5.32 Å². The van der Waals surface area contributed by atoms with Crippen LogP contribution in [0, 0.1) is 15.9 Å². The zero-order chi connectivity index (χ0) is 18.6. The van der Waals surface area contributed by atoms with E-state index in [1.165, 1.54) is 30.3 Å². The van der Waals surface area contributed by atoms with Crippen molar-refractivity contribution in [3.05, 3.63) is 81.7 Å². The number of benzene rings is 2. The molecule has 2 aromatic rings. The normalized spacial score (nSPS) is 15.9. The van der Waals surface area contributed by atoms with Crippen LogP contribution in [0.15, 0.2) is 54.6 Å². The van der Waals surface area contributed by atoms with Crippen molar-refractivity contribution in [2.45, 2.75) is 31.2 Å². The second kappa shape index (κ2) is 7.47. The van der Waals surface area contributed by atoms with E-state index in [0.29, 0.717) is 5.56 Å². The van der Waals surface area contributed by atoms with Crippen LogP contribution in [0.5, 0.6) is 0 Å². The van der Waals surface area contributed by atoms with Gasteiger partial charge in [0, 0.05) is 18.2 Å². The molecule has 2 aromatic carbocycles. The van der Waals surface area contributed by atoms with Gasteiger partial charge >= 0.3 is 0 Å². The number of nitrogens with zero attached hydrogens (tertiary/aromatic N) is 1. The summed E-state index contributed by atoms with van der Waals surface area (Å²) >= 11 is 0. The van der Waals surface area contributed by atoms with Gasteiger partial charge in [-0.1, -0.05) is 25.0 Å². The highest BCUT2D eigenvalue weighted by Gasteiger charge is 2.36. The lowest BCUT2D eigenvalue weighted by Gasteiger charge is -2.30. The fourth-order valence-corrected chi connectivity index (χ4v) is 3.39. The van der Waals surface area contributed by atoms with Crippen LogP contribution in [0.4, 0.5) is 10.1 Å². The number of hydrogen-bond donors (Lipinski definition) is 1. The molecule has 1 aliphatic carbocycles. The predicted octanol–water partition coefficient (Wildman–Crippen LogP) is 4.33. The molecule has 1 N–H and O–H groups in total. The van der Waals surface area contributed by atoms with E-state index in [1.54, 1.807) is 30.3 Å². The van der Waals surface area contributed by atoms with Crippen LogP contribution in [0.2, 0.25) is 0 Å². The average molecular weight is 354 g/mol. The lowest BCUT2D eigenvalue weighted by atomic mass is 9.88. The second-order valence-corrected chi connectivity index (χ2v) is 6.47. The summed E-state index contributed by atoms with van der Waals surface area (Å²) < 4.78 is 13.2. The highest BCUT2D eigenvalue weighted by molar-refractivity contribution is 5.92. The molecule has 1 saturated carbocycles. The van der Waals surface area contributed by atoms with Gasteiger partial charge in [0.2, 0.25) is 5.91 Å². The maximum absolute atomic E-state index is 13.2. The first-order chi connectivity index (χ1) is 12.5. The lowest BCUT2D eigenvalue weighted by molar-refractivity contribution is -0.384. The molecule has 5 nitrogen and oxygen atoms in total. The number of non-ortho nitro benzene ring substituents is 1. The van der Waals surface area contributed by atoms with Crippen LogP contribution in [-0.2, 0) is 10.3 Å². The van der Waals surface area contributed by atoms with Crippen LogP contribution >= 0.6 is 0 Å². The molecule has 1 fully saturated rings. The van der Waals surface area contributed by atoms with Crippen molar-refractivity contribution in [2.75, 3.05) is 0 Å². The minimum atomic E-state index is -0.468. The lowest BCUT2D eigenvalue weighted by Crippen LogP contribution is -2.43. The molecule has 26 heavy (non-hydrogen) atoms. The molecule has 0 bridgehead atoms. The third-order valence-electron chi connectivity index (χ3n) is 4.75. The number of nitro groups is 1. The molecule has 0 unspecified atom stereocenters. The van der Waals surface area contributed by atoms with Gasteiger partial charge in [-0.05, 0) is 54.3 Å². The third-order valence-corrected chi connectivity index (χ3v) is 4.75. The molecule has 0 radical (unpaired) electrons. The second-order valence-electron chi connectivity index (χ2n) is 6.47. The third kappa shape index (κ3) is 3.96. The summed E-state index contributed by atoms with van der Waals surface area (Å²) in [7, 11) is 0. The van der Waals surface area contributed by atoms with E-state index < -0.39 is 10.5 Å². The number of hydrogen-bond acceptors (Lipinski definition) is 3. The van der Waals surface area contributed by atoms with Gasteiger partial charge in [0.1, 0.15) is 5.82 Å². The summed E-state index contributed by atoms with van der Waals surface area (Å²) in [6.45, 7) is 0. The Kier molecular flexibility index (Phi) is 5.11. The first-order valence-corrected chi connectivity index (χ1v) is 8.49. The Bertz CT molecular complexity index is 823. The number of amides is 1. The number of nitrogens with one attached hydrogen (secondary N) is 1. The summed E-state index contributed by atoms with van der Waals surface area (Å²) in [5, 5.41) is 13.7. The number of halogens is 1. The summed E-state index contributed by atoms with van der Waals surface area (Å²) in [5.74, 6) is -0.541. The molecule has 0 saturated heterocycles. The van der Waals surface area contributed by atoms with Crippen LogP contribution in [0.3, 0.4) is 0 Å². The van der Waals surface area contributed by atoms with Crippen molar-refractivity contribution in [1.82, 2.24) is 5.32 Å². The molecule has 0 aromatic heterocycles. The van der Waals surface area contributed by atoms with Gasteiger partial charge in [-0.3, -0.25) is 14.9 Å². The standard InChI is InChI=1S/C20H19FN2O3/c21-17-8-6-16(7-9-17)20(13-1-2-14-20)22-19(24)12-5-15-3-10-18(11-4-15)23(25)26/h3-12H,1-2,13-14H2,(H,22,24)/b12-5+. The van der Waals surface area contributed by atoms with Gasteiger partial charge in [-0.25, -0.2) is 4.39 Å². The Morgan fingerprint density at radius 2 is 1.69 bits per heavy atom. The number of carbonyl (C=O) groups excluding carboxylic acids is 1. The van der Waals surface area contributed by atoms with E-state index in [-0.39, 0.29) is 17.4 Å². The zero-order valence-corrected chi connectivity index (χ0v) is 14.2. The van der Waals surface area contributed by atoms with Crippen LogP contribution < -0.4 is 5.32 Å². The minimum Gasteiger partial charge on any atom is -0.343 e. The molecule has 134 valence electrons. The van der Waals surface area contributed by atoms with E-state index in [1.807, 2.05) is 0 Å². The Labute approximate surface area is 150 Å². The fourth-order valence-electron chi connectivity index (χ4n) is 3.39. The monoisotopic (exact) mass is 354 g/mol. The quantitative estimate of drug-likeness (QED) is 0.493. The molecule has 6 heteroatoms. The summed E-state index contributed by atoms with van der Waals surface area (Å²) in [4.78, 5) is 22.6. The van der Waals surface area contributed by atoms with Crippen molar-refractivity contribution >= 4 is 17.7 Å². The van der Waals surface area contributed by atoms with Gasteiger partial charge in [-0.2, -0.15) is 0 Å². The van der Waals surface area contributed by atoms with E-state index in [4.69, 9.17) is 0 Å². The summed E-state index contributed by atoms with van der Waals surface area (Å²) in [6, 6.07) is 12.2. The number of nitro benzene ring substituents is 1. The average Bonchev–Trinajstić information content (AvgIpc) is 3.10. The number of carbonyl (C=O) groups is 1. The highest BCUT2D eigenvalue weighted by Crippen LogP contribution is 2.38. The molecule has 0 atom stereocenters. The Balaban J connectivity index is 1.72. The van der Waals surface area contributed by atoms with Crippen LogP contribution in [0.25, 0.3) is 6.08 Å². The smallest absolute Gasteiger partial charge is 0.269 e. The SMILES string of the molecule is O=C(/C=C/c1ccc([N+](=O)[O-])cc1)NC1(c2ccc(F)cc2)CCCC1. The predicted molar refractivity (Wildman–Crippen MR) is 96.8 cm³/mol. The van der Waals surface area contributed by atoms with Gasteiger partial charge in [-0.15, -0.1) is 0 Å². The van der Waals surface area contributed by atoms with Crippen molar-refractivity contribution in [3.63, 3.8) is 0 Å². The van der Waals surface area contributed by atoms with Gasteiger partial charge in [0.15, 0.2) is 0 Å². The molecular formula is C20H19FN2O3. The molecule has 3 rings (SSSR count). The molecule has 1 aliphatic rings. The van der Waals surface area contributed by atoms with Gasteiger partial charge in [0.05, 0.1) is 10.5 Å². The molecule has 1 amide bonds. The maximum atomic E-state index is 13.2. The number of rotatable bonds is 5. The summed E-state index contributed by atoms with van der Waals surface area (Å²) in [6.07, 6.45) is 6.68. The first-order valence-electron chi connectivity index (χ1n) is 8.49. The molecule has 0 heterocycles. The largest absolute Gasteiger partial charge is 0.343 e. The highest BCUT2D eigenvalue weighted by atomic mass is 19.1. The molecule has 0 aliphatic heterocycles.